The fraction of sp³-hybridized carbons (Fsp3) is 0.316. The van der Waals surface area contributed by atoms with Gasteiger partial charge in [0.1, 0.15) is 17.3 Å². The molecule has 0 unspecified atom stereocenters. The molecule has 1 aromatic carbocycles. The molecule has 0 radical (unpaired) electrons. The van der Waals surface area contributed by atoms with Crippen LogP contribution < -0.4 is 10.1 Å². The minimum atomic E-state index is -0.221. The summed E-state index contributed by atoms with van der Waals surface area (Å²) >= 11 is 0. The fourth-order valence-electron chi connectivity index (χ4n) is 2.25. The van der Waals surface area contributed by atoms with Gasteiger partial charge in [0.15, 0.2) is 12.4 Å². The van der Waals surface area contributed by atoms with Gasteiger partial charge in [-0.1, -0.05) is 19.0 Å². The Balaban J connectivity index is 1.49. The predicted octanol–water partition coefficient (Wildman–Crippen LogP) is 3.46. The van der Waals surface area contributed by atoms with Gasteiger partial charge in [0.05, 0.1) is 6.54 Å². The first-order chi connectivity index (χ1) is 12.5. The Labute approximate surface area is 151 Å². The van der Waals surface area contributed by atoms with Crippen LogP contribution in [0.4, 0.5) is 0 Å². The second kappa shape index (κ2) is 7.86. The molecule has 0 fully saturated rings. The third kappa shape index (κ3) is 4.50. The standard InChI is InChI=1S/C19H21N3O4/c1-12(2)18-21-19(26-22-18)14-5-8-15(9-6-14)24-11-17(23)20-10-16-7-4-13(3)25-16/h4-9,12H,10-11H2,1-3H3,(H,20,23). The summed E-state index contributed by atoms with van der Waals surface area (Å²) < 4.78 is 16.1. The van der Waals surface area contributed by atoms with E-state index in [1.165, 1.54) is 0 Å². The molecule has 3 rings (SSSR count). The zero-order chi connectivity index (χ0) is 18.5. The summed E-state index contributed by atoms with van der Waals surface area (Å²) in [6, 6.07) is 10.8. The zero-order valence-corrected chi connectivity index (χ0v) is 15.0. The quantitative estimate of drug-likeness (QED) is 0.698. The molecule has 3 aromatic rings. The number of nitrogens with one attached hydrogen (secondary N) is 1. The maximum atomic E-state index is 11.8. The SMILES string of the molecule is Cc1ccc(CNC(=O)COc2ccc(-c3nc(C(C)C)no3)cc2)o1. The first-order valence-electron chi connectivity index (χ1n) is 8.40. The molecule has 0 bridgehead atoms. The van der Waals surface area contributed by atoms with Gasteiger partial charge in [-0.05, 0) is 43.3 Å². The van der Waals surface area contributed by atoms with E-state index >= 15 is 0 Å². The van der Waals surface area contributed by atoms with Gasteiger partial charge in [0.25, 0.3) is 11.8 Å². The lowest BCUT2D eigenvalue weighted by atomic mass is 10.2. The zero-order valence-electron chi connectivity index (χ0n) is 15.0. The largest absolute Gasteiger partial charge is 0.484 e. The molecule has 2 aromatic heterocycles. The lowest BCUT2D eigenvalue weighted by Crippen LogP contribution is -2.28. The molecule has 1 amide bonds. The number of amides is 1. The minimum Gasteiger partial charge on any atom is -0.484 e. The van der Waals surface area contributed by atoms with E-state index in [-0.39, 0.29) is 18.4 Å². The number of nitrogens with zero attached hydrogens (tertiary/aromatic N) is 2. The molecule has 1 N–H and O–H groups in total. The van der Waals surface area contributed by atoms with Crippen LogP contribution in [0.5, 0.6) is 5.75 Å². The minimum absolute atomic E-state index is 0.0723. The Hall–Kier alpha value is -3.09. The molecule has 0 aliphatic rings. The van der Waals surface area contributed by atoms with E-state index in [9.17, 15) is 4.79 Å². The Bertz CT molecular complexity index is 865. The summed E-state index contributed by atoms with van der Waals surface area (Å²) in [5.74, 6) is 3.23. The average Bonchev–Trinajstić information content (AvgIpc) is 3.28. The highest BCUT2D eigenvalue weighted by atomic mass is 16.5. The topological polar surface area (TPSA) is 90.4 Å². The normalized spacial score (nSPS) is 10.9. The molecule has 136 valence electrons. The van der Waals surface area contributed by atoms with E-state index in [4.69, 9.17) is 13.7 Å². The van der Waals surface area contributed by atoms with Crippen molar-refractivity contribution in [3.63, 3.8) is 0 Å². The first kappa shape index (κ1) is 17.7. The Kier molecular flexibility index (Phi) is 5.36. The first-order valence-corrected chi connectivity index (χ1v) is 8.40. The van der Waals surface area contributed by atoms with E-state index in [1.807, 2.05) is 45.0 Å². The molecule has 26 heavy (non-hydrogen) atoms. The van der Waals surface area contributed by atoms with Crippen LogP contribution in [0.2, 0.25) is 0 Å². The van der Waals surface area contributed by atoms with Gasteiger partial charge in [0, 0.05) is 11.5 Å². The number of carbonyl (C=O) groups excluding carboxylic acids is 1. The highest BCUT2D eigenvalue weighted by Gasteiger charge is 2.11. The van der Waals surface area contributed by atoms with Crippen molar-refractivity contribution in [3.05, 3.63) is 53.7 Å². The fourth-order valence-corrected chi connectivity index (χ4v) is 2.25. The summed E-state index contributed by atoms with van der Waals surface area (Å²) in [5, 5.41) is 6.69. The number of aromatic nitrogens is 2. The van der Waals surface area contributed by atoms with Crippen LogP contribution in [0.15, 0.2) is 45.3 Å². The van der Waals surface area contributed by atoms with Crippen molar-refractivity contribution < 1.29 is 18.5 Å². The van der Waals surface area contributed by atoms with Gasteiger partial charge >= 0.3 is 0 Å². The van der Waals surface area contributed by atoms with Crippen molar-refractivity contribution in [1.29, 1.82) is 0 Å². The van der Waals surface area contributed by atoms with Gasteiger partial charge in [-0.25, -0.2) is 0 Å². The van der Waals surface area contributed by atoms with Gasteiger partial charge in [-0.15, -0.1) is 0 Å². The van der Waals surface area contributed by atoms with Crippen LogP contribution in [-0.2, 0) is 11.3 Å². The maximum Gasteiger partial charge on any atom is 0.258 e. The number of hydrogen-bond donors (Lipinski definition) is 1. The number of benzene rings is 1. The van der Waals surface area contributed by atoms with Gasteiger partial charge in [-0.2, -0.15) is 4.98 Å². The van der Waals surface area contributed by atoms with Crippen LogP contribution in [0.25, 0.3) is 11.5 Å². The lowest BCUT2D eigenvalue weighted by molar-refractivity contribution is -0.123. The van der Waals surface area contributed by atoms with Crippen molar-refractivity contribution >= 4 is 5.91 Å². The molecule has 0 spiro atoms. The molecule has 0 aliphatic heterocycles. The summed E-state index contributed by atoms with van der Waals surface area (Å²) in [5.41, 5.74) is 0.800. The number of furan rings is 1. The predicted molar refractivity (Wildman–Crippen MR) is 94.6 cm³/mol. The molecule has 7 nitrogen and oxygen atoms in total. The summed E-state index contributed by atoms with van der Waals surface area (Å²) in [6.45, 7) is 6.13. The Morgan fingerprint density at radius 1 is 1.19 bits per heavy atom. The molecule has 0 atom stereocenters. The molecule has 0 saturated carbocycles. The molecule has 2 heterocycles. The van der Waals surface area contributed by atoms with E-state index < -0.39 is 0 Å². The monoisotopic (exact) mass is 355 g/mol. The highest BCUT2D eigenvalue weighted by molar-refractivity contribution is 5.77. The van der Waals surface area contributed by atoms with Gasteiger partial charge < -0.3 is 19.0 Å². The van der Waals surface area contributed by atoms with Crippen molar-refractivity contribution in [2.75, 3.05) is 6.61 Å². The van der Waals surface area contributed by atoms with E-state index in [2.05, 4.69) is 15.5 Å². The van der Waals surface area contributed by atoms with Crippen LogP contribution >= 0.6 is 0 Å². The van der Waals surface area contributed by atoms with E-state index in [0.717, 1.165) is 11.3 Å². The van der Waals surface area contributed by atoms with Crippen LogP contribution in [0.1, 0.15) is 37.1 Å². The Morgan fingerprint density at radius 2 is 1.96 bits per heavy atom. The summed E-state index contributed by atoms with van der Waals surface area (Å²) in [7, 11) is 0. The van der Waals surface area contributed by atoms with Crippen LogP contribution in [0.3, 0.4) is 0 Å². The van der Waals surface area contributed by atoms with Gasteiger partial charge in [-0.3, -0.25) is 4.79 Å². The number of ether oxygens (including phenoxy) is 1. The molecule has 0 saturated heterocycles. The summed E-state index contributed by atoms with van der Waals surface area (Å²) in [4.78, 5) is 16.2. The van der Waals surface area contributed by atoms with Crippen molar-refractivity contribution in [2.45, 2.75) is 33.2 Å². The van der Waals surface area contributed by atoms with Gasteiger partial charge in [0.2, 0.25) is 0 Å². The number of hydrogen-bond acceptors (Lipinski definition) is 6. The van der Waals surface area contributed by atoms with Crippen molar-refractivity contribution in [1.82, 2.24) is 15.5 Å². The third-order valence-electron chi connectivity index (χ3n) is 3.69. The number of carbonyl (C=O) groups is 1. The smallest absolute Gasteiger partial charge is 0.258 e. The maximum absolute atomic E-state index is 11.8. The second-order valence-electron chi connectivity index (χ2n) is 6.21. The second-order valence-corrected chi connectivity index (χ2v) is 6.21. The average molecular weight is 355 g/mol. The Morgan fingerprint density at radius 3 is 2.58 bits per heavy atom. The third-order valence-corrected chi connectivity index (χ3v) is 3.69. The van der Waals surface area contributed by atoms with E-state index in [0.29, 0.717) is 29.8 Å². The number of aryl methyl sites for hydroxylation is 1. The highest BCUT2D eigenvalue weighted by Crippen LogP contribution is 2.22. The summed E-state index contributed by atoms with van der Waals surface area (Å²) in [6.07, 6.45) is 0. The van der Waals surface area contributed by atoms with Crippen molar-refractivity contribution in [3.8, 4) is 17.2 Å². The van der Waals surface area contributed by atoms with E-state index in [1.54, 1.807) is 12.1 Å². The molecule has 7 heteroatoms. The number of rotatable bonds is 7. The van der Waals surface area contributed by atoms with Crippen molar-refractivity contribution in [2.24, 2.45) is 0 Å². The lowest BCUT2D eigenvalue weighted by Gasteiger charge is -2.07. The van der Waals surface area contributed by atoms with Crippen LogP contribution in [-0.4, -0.2) is 22.7 Å². The van der Waals surface area contributed by atoms with Crippen LogP contribution in [0, 0.1) is 6.92 Å². The molecular formula is C19H21N3O4. The molecule has 0 aliphatic carbocycles. The molecular weight excluding hydrogens is 334 g/mol.